The molecule has 1 amide bonds. The minimum atomic E-state index is -0.915. The van der Waals surface area contributed by atoms with Crippen LogP contribution in [0.1, 0.15) is 27.2 Å². The molecular formula is C13H14N2O4S. The van der Waals surface area contributed by atoms with E-state index in [1.54, 1.807) is 19.1 Å². The quantitative estimate of drug-likeness (QED) is 0.876. The predicted molar refractivity (Wildman–Crippen MR) is 73.8 cm³/mol. The van der Waals surface area contributed by atoms with Gasteiger partial charge in [0.25, 0.3) is 5.91 Å². The summed E-state index contributed by atoms with van der Waals surface area (Å²) in [5, 5.41) is 6.14. The number of anilines is 1. The van der Waals surface area contributed by atoms with Gasteiger partial charge in [0.2, 0.25) is 0 Å². The molecule has 106 valence electrons. The van der Waals surface area contributed by atoms with Crippen LogP contribution < -0.4 is 5.32 Å². The molecule has 2 heterocycles. The Hall–Kier alpha value is -2.15. The number of aryl methyl sites for hydroxylation is 2. The van der Waals surface area contributed by atoms with Gasteiger partial charge in [0.1, 0.15) is 10.6 Å². The Kier molecular flexibility index (Phi) is 4.19. The third-order valence-electron chi connectivity index (χ3n) is 2.47. The average molecular weight is 294 g/mol. The number of hydrogen-bond donors (Lipinski definition) is 1. The number of amides is 1. The molecule has 1 atom stereocenters. The summed E-state index contributed by atoms with van der Waals surface area (Å²) < 4.78 is 9.92. The molecular weight excluding hydrogens is 280 g/mol. The lowest BCUT2D eigenvalue weighted by Crippen LogP contribution is -2.29. The van der Waals surface area contributed by atoms with Crippen LogP contribution in [0.2, 0.25) is 0 Å². The molecule has 7 heteroatoms. The highest BCUT2D eigenvalue weighted by molar-refractivity contribution is 7.13. The van der Waals surface area contributed by atoms with Crippen molar-refractivity contribution in [3.8, 4) is 0 Å². The second-order valence-corrected chi connectivity index (χ2v) is 5.56. The van der Waals surface area contributed by atoms with Crippen molar-refractivity contribution < 1.29 is 18.8 Å². The van der Waals surface area contributed by atoms with Gasteiger partial charge in [-0.05, 0) is 32.9 Å². The van der Waals surface area contributed by atoms with Crippen LogP contribution in [-0.2, 0) is 9.53 Å². The summed E-state index contributed by atoms with van der Waals surface area (Å²) in [5.74, 6) is -0.0941. The largest absolute Gasteiger partial charge is 0.448 e. The van der Waals surface area contributed by atoms with Crippen LogP contribution in [-0.4, -0.2) is 23.1 Å². The summed E-state index contributed by atoms with van der Waals surface area (Å²) in [5.41, 5.74) is 0. The zero-order chi connectivity index (χ0) is 14.7. The lowest BCUT2D eigenvalue weighted by Gasteiger charge is -2.11. The van der Waals surface area contributed by atoms with Gasteiger partial charge in [-0.3, -0.25) is 4.79 Å². The summed E-state index contributed by atoms with van der Waals surface area (Å²) in [7, 11) is 0. The molecule has 6 nitrogen and oxygen atoms in total. The summed E-state index contributed by atoms with van der Waals surface area (Å²) >= 11 is 1.32. The number of rotatable bonds is 4. The second kappa shape index (κ2) is 5.87. The van der Waals surface area contributed by atoms with E-state index in [-0.39, 0.29) is 0 Å². The Balaban J connectivity index is 1.92. The van der Waals surface area contributed by atoms with E-state index in [0.717, 1.165) is 4.88 Å². The first kappa shape index (κ1) is 14.3. The molecule has 0 aliphatic carbocycles. The number of nitrogens with zero attached hydrogens (tertiary/aromatic N) is 1. The molecule has 0 bridgehead atoms. The first-order valence-corrected chi connectivity index (χ1v) is 6.79. The molecule has 2 rings (SSSR count). The Bertz CT molecular complexity index is 632. The molecule has 0 aliphatic heterocycles. The van der Waals surface area contributed by atoms with E-state index in [1.165, 1.54) is 18.3 Å². The first-order chi connectivity index (χ1) is 9.45. The number of carbonyl (C=O) groups is 2. The first-order valence-electron chi connectivity index (χ1n) is 5.97. The van der Waals surface area contributed by atoms with Crippen molar-refractivity contribution >= 4 is 29.0 Å². The molecule has 0 aromatic carbocycles. The predicted octanol–water partition coefficient (Wildman–Crippen LogP) is 2.54. The van der Waals surface area contributed by atoms with Crippen molar-refractivity contribution in [3.05, 3.63) is 33.7 Å². The van der Waals surface area contributed by atoms with Gasteiger partial charge < -0.3 is 14.6 Å². The minimum Gasteiger partial charge on any atom is -0.448 e. The molecule has 0 spiro atoms. The number of esters is 1. The Labute approximate surface area is 119 Å². The third-order valence-corrected chi connectivity index (χ3v) is 3.45. The summed E-state index contributed by atoms with van der Waals surface area (Å²) in [6.45, 7) is 5.11. The molecule has 1 N–H and O–H groups in total. The van der Waals surface area contributed by atoms with Crippen molar-refractivity contribution in [2.75, 3.05) is 5.32 Å². The Morgan fingerprint density at radius 3 is 2.70 bits per heavy atom. The van der Waals surface area contributed by atoms with Gasteiger partial charge in [-0.1, -0.05) is 5.16 Å². The van der Waals surface area contributed by atoms with Gasteiger partial charge in [0, 0.05) is 10.9 Å². The van der Waals surface area contributed by atoms with Crippen molar-refractivity contribution in [3.63, 3.8) is 0 Å². The lowest BCUT2D eigenvalue weighted by molar-refractivity contribution is -0.123. The van der Waals surface area contributed by atoms with E-state index in [0.29, 0.717) is 16.5 Å². The van der Waals surface area contributed by atoms with Crippen LogP contribution in [0.15, 0.2) is 22.7 Å². The number of thiophene rings is 1. The standard InChI is InChI=1S/C13H14N2O4S/c1-7-6-11(15-19-7)14-12(16)9(3)18-13(17)10-5-4-8(2)20-10/h4-6,9H,1-3H3,(H,14,15,16)/t9-/m0/s1. The normalized spacial score (nSPS) is 11.9. The van der Waals surface area contributed by atoms with Gasteiger partial charge in [0.15, 0.2) is 11.9 Å². The Morgan fingerprint density at radius 1 is 1.40 bits per heavy atom. The van der Waals surface area contributed by atoms with Crippen LogP contribution in [0.4, 0.5) is 5.82 Å². The van der Waals surface area contributed by atoms with Crippen molar-refractivity contribution in [2.24, 2.45) is 0 Å². The summed E-state index contributed by atoms with van der Waals surface area (Å²) in [4.78, 5) is 25.1. The number of nitrogens with one attached hydrogen (secondary N) is 1. The van der Waals surface area contributed by atoms with Gasteiger partial charge in [-0.25, -0.2) is 4.79 Å². The van der Waals surface area contributed by atoms with Gasteiger partial charge >= 0.3 is 5.97 Å². The van der Waals surface area contributed by atoms with E-state index >= 15 is 0 Å². The number of hydrogen-bond acceptors (Lipinski definition) is 6. The maximum absolute atomic E-state index is 11.8. The summed E-state index contributed by atoms with van der Waals surface area (Å²) in [6, 6.07) is 5.08. The molecule has 20 heavy (non-hydrogen) atoms. The number of ether oxygens (including phenoxy) is 1. The van der Waals surface area contributed by atoms with Crippen LogP contribution >= 0.6 is 11.3 Å². The van der Waals surface area contributed by atoms with Gasteiger partial charge in [-0.2, -0.15) is 0 Å². The minimum absolute atomic E-state index is 0.294. The van der Waals surface area contributed by atoms with E-state index in [9.17, 15) is 9.59 Å². The fraction of sp³-hybridized carbons (Fsp3) is 0.308. The number of aromatic nitrogens is 1. The van der Waals surface area contributed by atoms with Gasteiger partial charge in [0.05, 0.1) is 0 Å². The van der Waals surface area contributed by atoms with Crippen molar-refractivity contribution in [2.45, 2.75) is 26.9 Å². The summed E-state index contributed by atoms with van der Waals surface area (Å²) in [6.07, 6.45) is -0.915. The number of carbonyl (C=O) groups excluding carboxylic acids is 2. The van der Waals surface area contributed by atoms with Gasteiger partial charge in [-0.15, -0.1) is 11.3 Å². The molecule has 0 saturated carbocycles. The van der Waals surface area contributed by atoms with Crippen LogP contribution in [0.25, 0.3) is 0 Å². The molecule has 2 aromatic heterocycles. The zero-order valence-corrected chi connectivity index (χ0v) is 12.1. The van der Waals surface area contributed by atoms with Crippen LogP contribution in [0.5, 0.6) is 0 Å². The molecule has 2 aromatic rings. The lowest BCUT2D eigenvalue weighted by atomic mass is 10.3. The maximum Gasteiger partial charge on any atom is 0.349 e. The highest BCUT2D eigenvalue weighted by Gasteiger charge is 2.20. The Morgan fingerprint density at radius 2 is 2.15 bits per heavy atom. The third kappa shape index (κ3) is 3.45. The molecule has 0 saturated heterocycles. The van der Waals surface area contributed by atoms with E-state index in [2.05, 4.69) is 10.5 Å². The van der Waals surface area contributed by atoms with Crippen molar-refractivity contribution in [1.82, 2.24) is 5.16 Å². The average Bonchev–Trinajstić information content (AvgIpc) is 2.98. The van der Waals surface area contributed by atoms with Crippen molar-refractivity contribution in [1.29, 1.82) is 0 Å². The fourth-order valence-corrected chi connectivity index (χ4v) is 2.22. The van der Waals surface area contributed by atoms with E-state index in [4.69, 9.17) is 9.26 Å². The van der Waals surface area contributed by atoms with Crippen LogP contribution in [0.3, 0.4) is 0 Å². The highest BCUT2D eigenvalue weighted by atomic mass is 32.1. The SMILES string of the molecule is Cc1cc(NC(=O)[C@H](C)OC(=O)c2ccc(C)s2)no1. The topological polar surface area (TPSA) is 81.4 Å². The molecule has 0 aliphatic rings. The highest BCUT2D eigenvalue weighted by Crippen LogP contribution is 2.17. The molecule has 0 radical (unpaired) electrons. The molecule has 0 fully saturated rings. The fourth-order valence-electron chi connectivity index (χ4n) is 1.47. The second-order valence-electron chi connectivity index (χ2n) is 4.27. The van der Waals surface area contributed by atoms with E-state index < -0.39 is 18.0 Å². The zero-order valence-electron chi connectivity index (χ0n) is 11.3. The maximum atomic E-state index is 11.8. The van der Waals surface area contributed by atoms with Crippen LogP contribution in [0, 0.1) is 13.8 Å². The monoisotopic (exact) mass is 294 g/mol. The van der Waals surface area contributed by atoms with E-state index in [1.807, 2.05) is 13.0 Å². The molecule has 0 unspecified atom stereocenters. The smallest absolute Gasteiger partial charge is 0.349 e.